The summed E-state index contributed by atoms with van der Waals surface area (Å²) in [6.45, 7) is 5.44. The molecule has 0 saturated carbocycles. The van der Waals surface area contributed by atoms with Crippen LogP contribution in [0, 0.1) is 18.6 Å². The summed E-state index contributed by atoms with van der Waals surface area (Å²) in [6, 6.07) is 9.17. The Hall–Kier alpha value is -3.36. The highest BCUT2D eigenvalue weighted by molar-refractivity contribution is 5.93. The summed E-state index contributed by atoms with van der Waals surface area (Å²) in [5.41, 5.74) is -0.193. The molecular formula is C18H17F2N5O2. The standard InChI is InChI=1S/C18H17F2N5O2/c1-11(2)23(13-9-7-12(3)8-10-13)17(26)25-18(27)24(21-22-25)16-14(19)5-4-6-15(16)20/h4-11H,1-3H3. The van der Waals surface area contributed by atoms with Gasteiger partial charge in [0.15, 0.2) is 11.6 Å². The summed E-state index contributed by atoms with van der Waals surface area (Å²) < 4.78 is 28.8. The number of hydrogen-bond acceptors (Lipinski definition) is 4. The second kappa shape index (κ2) is 7.10. The zero-order valence-electron chi connectivity index (χ0n) is 14.9. The number of nitrogens with zero attached hydrogens (tertiary/aromatic N) is 5. The Balaban J connectivity index is 2.06. The molecule has 0 bridgehead atoms. The molecule has 0 aliphatic carbocycles. The van der Waals surface area contributed by atoms with Crippen molar-refractivity contribution < 1.29 is 13.6 Å². The largest absolute Gasteiger partial charge is 0.377 e. The number of tetrazole rings is 1. The van der Waals surface area contributed by atoms with Crippen LogP contribution in [0.15, 0.2) is 47.3 Å². The van der Waals surface area contributed by atoms with Crippen LogP contribution >= 0.6 is 0 Å². The Kier molecular flexibility index (Phi) is 4.85. The number of carbonyl (C=O) groups excluding carboxylic acids is 1. The summed E-state index contributed by atoms with van der Waals surface area (Å²) in [4.78, 5) is 26.8. The van der Waals surface area contributed by atoms with Crippen LogP contribution in [0.3, 0.4) is 0 Å². The minimum Gasteiger partial charge on any atom is -0.290 e. The van der Waals surface area contributed by atoms with Crippen LogP contribution in [0.25, 0.3) is 5.69 Å². The lowest BCUT2D eigenvalue weighted by Gasteiger charge is -2.25. The molecule has 0 radical (unpaired) electrons. The van der Waals surface area contributed by atoms with Gasteiger partial charge in [-0.3, -0.25) is 4.90 Å². The van der Waals surface area contributed by atoms with E-state index in [0.29, 0.717) is 15.1 Å². The molecule has 27 heavy (non-hydrogen) atoms. The molecule has 0 unspecified atom stereocenters. The average Bonchev–Trinajstić information content (AvgIpc) is 2.98. The molecule has 3 rings (SSSR count). The lowest BCUT2D eigenvalue weighted by atomic mass is 10.2. The molecule has 0 spiro atoms. The Morgan fingerprint density at radius 3 is 2.19 bits per heavy atom. The van der Waals surface area contributed by atoms with E-state index in [1.165, 1.54) is 4.90 Å². The number of para-hydroxylation sites is 1. The van der Waals surface area contributed by atoms with Crippen molar-refractivity contribution in [2.24, 2.45) is 0 Å². The fraction of sp³-hybridized carbons (Fsp3) is 0.222. The van der Waals surface area contributed by atoms with Crippen LogP contribution in [0.4, 0.5) is 19.3 Å². The summed E-state index contributed by atoms with van der Waals surface area (Å²) in [5.74, 6) is -1.98. The fourth-order valence-corrected chi connectivity index (χ4v) is 2.63. The fourth-order valence-electron chi connectivity index (χ4n) is 2.63. The second-order valence-electron chi connectivity index (χ2n) is 6.24. The summed E-state index contributed by atoms with van der Waals surface area (Å²) >= 11 is 0. The maximum Gasteiger partial charge on any atom is 0.377 e. The molecule has 1 amide bonds. The van der Waals surface area contributed by atoms with Gasteiger partial charge in [0.05, 0.1) is 0 Å². The van der Waals surface area contributed by atoms with Gasteiger partial charge in [-0.2, -0.15) is 4.68 Å². The number of amides is 1. The molecule has 0 fully saturated rings. The molecule has 2 aromatic carbocycles. The number of hydrogen-bond donors (Lipinski definition) is 0. The van der Waals surface area contributed by atoms with Crippen LogP contribution in [0.5, 0.6) is 0 Å². The van der Waals surface area contributed by atoms with Gasteiger partial charge in [-0.1, -0.05) is 23.8 Å². The van der Waals surface area contributed by atoms with Gasteiger partial charge in [0.25, 0.3) is 0 Å². The third-order valence-corrected chi connectivity index (χ3v) is 3.95. The number of rotatable bonds is 3. The van der Waals surface area contributed by atoms with Crippen molar-refractivity contribution in [3.8, 4) is 5.69 Å². The lowest BCUT2D eigenvalue weighted by molar-refractivity contribution is 0.242. The molecule has 140 valence electrons. The number of aryl methyl sites for hydroxylation is 1. The predicted octanol–water partition coefficient (Wildman–Crippen LogP) is 2.90. The Bertz CT molecular complexity index is 1020. The predicted molar refractivity (Wildman–Crippen MR) is 95.1 cm³/mol. The van der Waals surface area contributed by atoms with E-state index >= 15 is 0 Å². The SMILES string of the molecule is Cc1ccc(N(C(=O)n2nnn(-c3c(F)cccc3F)c2=O)C(C)C)cc1. The highest BCUT2D eigenvalue weighted by atomic mass is 19.1. The Morgan fingerprint density at radius 1 is 1.04 bits per heavy atom. The lowest BCUT2D eigenvalue weighted by Crippen LogP contribution is -2.44. The Morgan fingerprint density at radius 2 is 1.63 bits per heavy atom. The molecule has 0 atom stereocenters. The highest BCUT2D eigenvalue weighted by Crippen LogP contribution is 2.19. The molecule has 0 saturated heterocycles. The maximum absolute atomic E-state index is 13.9. The van der Waals surface area contributed by atoms with Crippen LogP contribution in [0.2, 0.25) is 0 Å². The average molecular weight is 373 g/mol. The zero-order valence-corrected chi connectivity index (χ0v) is 14.9. The van der Waals surface area contributed by atoms with Gasteiger partial charge in [0.2, 0.25) is 0 Å². The number of halogens is 2. The topological polar surface area (TPSA) is 73.0 Å². The van der Waals surface area contributed by atoms with E-state index in [1.807, 2.05) is 19.1 Å². The van der Waals surface area contributed by atoms with Gasteiger partial charge >= 0.3 is 11.7 Å². The van der Waals surface area contributed by atoms with Gasteiger partial charge < -0.3 is 0 Å². The molecule has 3 aromatic rings. The smallest absolute Gasteiger partial charge is 0.290 e. The summed E-state index contributed by atoms with van der Waals surface area (Å²) in [7, 11) is 0. The van der Waals surface area contributed by atoms with Crippen molar-refractivity contribution >= 4 is 11.7 Å². The first kappa shape index (κ1) is 18.4. The molecule has 7 nitrogen and oxygen atoms in total. The van der Waals surface area contributed by atoms with Gasteiger partial charge in [-0.15, -0.1) is 4.68 Å². The molecule has 9 heteroatoms. The number of anilines is 1. The number of carbonyl (C=O) groups is 1. The van der Waals surface area contributed by atoms with E-state index in [2.05, 4.69) is 10.4 Å². The molecule has 0 N–H and O–H groups in total. The summed E-state index contributed by atoms with van der Waals surface area (Å²) in [5, 5.41) is 6.98. The molecule has 0 aliphatic rings. The van der Waals surface area contributed by atoms with E-state index in [9.17, 15) is 18.4 Å². The third-order valence-electron chi connectivity index (χ3n) is 3.95. The first-order valence-electron chi connectivity index (χ1n) is 8.21. The van der Waals surface area contributed by atoms with Gasteiger partial charge in [0.1, 0.15) is 5.69 Å². The normalized spacial score (nSPS) is 11.0. The quantitative estimate of drug-likeness (QED) is 0.662. The van der Waals surface area contributed by atoms with Crippen molar-refractivity contribution in [2.75, 3.05) is 4.90 Å². The van der Waals surface area contributed by atoms with Gasteiger partial charge in [-0.05, 0) is 55.5 Å². The first-order valence-corrected chi connectivity index (χ1v) is 8.21. The second-order valence-corrected chi connectivity index (χ2v) is 6.24. The number of benzene rings is 2. The molecule has 1 aromatic heterocycles. The van der Waals surface area contributed by atoms with Gasteiger partial charge in [-0.25, -0.2) is 18.4 Å². The van der Waals surface area contributed by atoms with Crippen molar-refractivity contribution in [2.45, 2.75) is 26.8 Å². The van der Waals surface area contributed by atoms with Gasteiger partial charge in [0, 0.05) is 11.7 Å². The first-order chi connectivity index (χ1) is 12.8. The minimum absolute atomic E-state index is 0.303. The van der Waals surface area contributed by atoms with E-state index < -0.39 is 29.0 Å². The van der Waals surface area contributed by atoms with Crippen LogP contribution in [-0.4, -0.2) is 31.9 Å². The van der Waals surface area contributed by atoms with Crippen LogP contribution in [0.1, 0.15) is 19.4 Å². The third kappa shape index (κ3) is 3.35. The van der Waals surface area contributed by atoms with E-state index in [0.717, 1.165) is 23.8 Å². The molecular weight excluding hydrogens is 356 g/mol. The molecule has 0 aliphatic heterocycles. The Labute approximate surface area is 153 Å². The van der Waals surface area contributed by atoms with E-state index in [-0.39, 0.29) is 6.04 Å². The monoisotopic (exact) mass is 373 g/mol. The van der Waals surface area contributed by atoms with Crippen molar-refractivity contribution in [3.05, 3.63) is 70.1 Å². The number of aromatic nitrogens is 4. The minimum atomic E-state index is -1.07. The highest BCUT2D eigenvalue weighted by Gasteiger charge is 2.26. The van der Waals surface area contributed by atoms with Crippen molar-refractivity contribution in [3.63, 3.8) is 0 Å². The van der Waals surface area contributed by atoms with Crippen molar-refractivity contribution in [1.29, 1.82) is 0 Å². The van der Waals surface area contributed by atoms with Crippen LogP contribution in [-0.2, 0) is 0 Å². The zero-order chi connectivity index (χ0) is 19.7. The van der Waals surface area contributed by atoms with E-state index in [4.69, 9.17) is 0 Å². The van der Waals surface area contributed by atoms with E-state index in [1.54, 1.807) is 26.0 Å². The molecule has 1 heterocycles. The summed E-state index contributed by atoms with van der Waals surface area (Å²) in [6.07, 6.45) is 0. The maximum atomic E-state index is 13.9. The van der Waals surface area contributed by atoms with Crippen molar-refractivity contribution in [1.82, 2.24) is 19.8 Å². The van der Waals surface area contributed by atoms with Crippen LogP contribution < -0.4 is 10.6 Å².